The molecule has 1 N–H and O–H groups in total. The zero-order valence-corrected chi connectivity index (χ0v) is 17.2. The fourth-order valence-electron chi connectivity index (χ4n) is 4.12. The van der Waals surface area contributed by atoms with Crippen molar-refractivity contribution in [2.75, 3.05) is 13.1 Å². The molecule has 0 atom stereocenters. The van der Waals surface area contributed by atoms with Crippen molar-refractivity contribution in [1.82, 2.24) is 20.4 Å². The Morgan fingerprint density at radius 2 is 1.67 bits per heavy atom. The first-order chi connectivity index (χ1) is 14.7. The number of aryl methyl sites for hydroxylation is 1. The Morgan fingerprint density at radius 3 is 2.33 bits per heavy atom. The second kappa shape index (κ2) is 8.03. The molecular weight excluding hydrogens is 376 g/mol. The molecule has 6 heteroatoms. The summed E-state index contributed by atoms with van der Waals surface area (Å²) in [5.41, 5.74) is 3.50. The Kier molecular flexibility index (Phi) is 5.09. The first-order valence-electron chi connectivity index (χ1n) is 10.7. The van der Waals surface area contributed by atoms with Crippen LogP contribution >= 0.6 is 0 Å². The molecular formula is C24H26N4O2. The maximum absolute atomic E-state index is 12.6. The Balaban J connectivity index is 1.22. The quantitative estimate of drug-likeness (QED) is 0.697. The molecule has 3 aromatic rings. The number of likely N-dealkylation sites (tertiary alicyclic amines) is 1. The van der Waals surface area contributed by atoms with Gasteiger partial charge in [-0.3, -0.25) is 4.79 Å². The van der Waals surface area contributed by atoms with Gasteiger partial charge in [0.2, 0.25) is 11.8 Å². The van der Waals surface area contributed by atoms with Crippen LogP contribution in [0.4, 0.5) is 0 Å². The van der Waals surface area contributed by atoms with Crippen molar-refractivity contribution in [3.05, 3.63) is 59.7 Å². The number of hydrogen-bond donors (Lipinski definition) is 1. The van der Waals surface area contributed by atoms with E-state index in [9.17, 15) is 4.79 Å². The predicted molar refractivity (Wildman–Crippen MR) is 115 cm³/mol. The van der Waals surface area contributed by atoms with Crippen molar-refractivity contribution < 1.29 is 9.21 Å². The van der Waals surface area contributed by atoms with Crippen LogP contribution in [0.1, 0.15) is 41.6 Å². The van der Waals surface area contributed by atoms with E-state index in [1.165, 1.54) is 12.8 Å². The molecule has 2 heterocycles. The van der Waals surface area contributed by atoms with Crippen molar-refractivity contribution in [3.8, 4) is 22.9 Å². The third kappa shape index (κ3) is 4.14. The van der Waals surface area contributed by atoms with Crippen molar-refractivity contribution in [1.29, 1.82) is 0 Å². The van der Waals surface area contributed by atoms with Gasteiger partial charge in [0, 0.05) is 41.9 Å². The number of piperidine rings is 1. The number of hydrogen-bond acceptors (Lipinski definition) is 5. The van der Waals surface area contributed by atoms with E-state index in [4.69, 9.17) is 4.42 Å². The van der Waals surface area contributed by atoms with Gasteiger partial charge in [0.1, 0.15) is 0 Å². The highest BCUT2D eigenvalue weighted by atomic mass is 16.4. The minimum Gasteiger partial charge on any atom is -0.416 e. The van der Waals surface area contributed by atoms with E-state index in [0.717, 1.165) is 48.7 Å². The molecule has 0 radical (unpaired) electrons. The van der Waals surface area contributed by atoms with Gasteiger partial charge in [-0.15, -0.1) is 10.2 Å². The molecule has 1 aliphatic heterocycles. The van der Waals surface area contributed by atoms with Crippen molar-refractivity contribution in [2.24, 2.45) is 0 Å². The lowest BCUT2D eigenvalue weighted by molar-refractivity contribution is 0.0909. The van der Waals surface area contributed by atoms with Gasteiger partial charge in [-0.05, 0) is 69.0 Å². The van der Waals surface area contributed by atoms with Gasteiger partial charge in [0.05, 0.1) is 0 Å². The largest absolute Gasteiger partial charge is 0.416 e. The second-order valence-electron chi connectivity index (χ2n) is 8.37. The zero-order valence-electron chi connectivity index (χ0n) is 17.2. The van der Waals surface area contributed by atoms with Crippen LogP contribution < -0.4 is 5.32 Å². The number of nitrogens with zero attached hydrogens (tertiary/aromatic N) is 3. The van der Waals surface area contributed by atoms with Gasteiger partial charge in [-0.1, -0.05) is 17.7 Å². The summed E-state index contributed by atoms with van der Waals surface area (Å²) in [4.78, 5) is 15.2. The highest BCUT2D eigenvalue weighted by Crippen LogP contribution is 2.29. The molecule has 0 spiro atoms. The van der Waals surface area contributed by atoms with E-state index in [1.54, 1.807) is 0 Å². The van der Waals surface area contributed by atoms with Gasteiger partial charge in [-0.25, -0.2) is 0 Å². The first kappa shape index (κ1) is 19.0. The van der Waals surface area contributed by atoms with Gasteiger partial charge in [0.15, 0.2) is 0 Å². The van der Waals surface area contributed by atoms with E-state index in [-0.39, 0.29) is 11.9 Å². The molecule has 0 unspecified atom stereocenters. The van der Waals surface area contributed by atoms with Crippen LogP contribution in [0.2, 0.25) is 0 Å². The molecule has 5 rings (SSSR count). The summed E-state index contributed by atoms with van der Waals surface area (Å²) in [5.74, 6) is 0.927. The lowest BCUT2D eigenvalue weighted by Crippen LogP contribution is -2.45. The lowest BCUT2D eigenvalue weighted by Gasteiger charge is -2.32. The van der Waals surface area contributed by atoms with Gasteiger partial charge < -0.3 is 14.6 Å². The van der Waals surface area contributed by atoms with Crippen LogP contribution in [0.25, 0.3) is 22.9 Å². The number of nitrogens with one attached hydrogen (secondary N) is 1. The molecule has 1 aliphatic carbocycles. The van der Waals surface area contributed by atoms with E-state index in [0.29, 0.717) is 17.3 Å². The molecule has 1 saturated heterocycles. The molecule has 2 aliphatic rings. The average Bonchev–Trinajstić information content (AvgIpc) is 3.50. The molecule has 1 aromatic heterocycles. The number of amides is 1. The summed E-state index contributed by atoms with van der Waals surface area (Å²) in [6, 6.07) is 16.4. The number of rotatable bonds is 5. The monoisotopic (exact) mass is 402 g/mol. The SMILES string of the molecule is Cc1cccc(-c2nnc(-c3ccc(C(=O)NC4CCN(C5CC5)CC4)cc3)o2)c1. The normalized spacial score (nSPS) is 17.8. The fourth-order valence-corrected chi connectivity index (χ4v) is 4.12. The van der Waals surface area contributed by atoms with Crippen molar-refractivity contribution in [3.63, 3.8) is 0 Å². The maximum Gasteiger partial charge on any atom is 0.251 e. The van der Waals surface area contributed by atoms with Crippen LogP contribution in [0.15, 0.2) is 52.9 Å². The number of carbonyl (C=O) groups is 1. The zero-order chi connectivity index (χ0) is 20.5. The Morgan fingerprint density at radius 1 is 0.967 bits per heavy atom. The Labute approximate surface area is 176 Å². The molecule has 2 aromatic carbocycles. The number of aromatic nitrogens is 2. The number of carbonyl (C=O) groups excluding carboxylic acids is 1. The summed E-state index contributed by atoms with van der Waals surface area (Å²) in [7, 11) is 0. The topological polar surface area (TPSA) is 71.3 Å². The average molecular weight is 402 g/mol. The summed E-state index contributed by atoms with van der Waals surface area (Å²) in [6.45, 7) is 4.21. The molecule has 1 amide bonds. The summed E-state index contributed by atoms with van der Waals surface area (Å²) < 4.78 is 5.84. The Bertz CT molecular complexity index is 1030. The van der Waals surface area contributed by atoms with Crippen LogP contribution in [-0.4, -0.2) is 46.2 Å². The van der Waals surface area contributed by atoms with Gasteiger partial charge in [0.25, 0.3) is 5.91 Å². The van der Waals surface area contributed by atoms with Crippen LogP contribution in [0.3, 0.4) is 0 Å². The third-order valence-electron chi connectivity index (χ3n) is 6.01. The van der Waals surface area contributed by atoms with Crippen LogP contribution in [-0.2, 0) is 0 Å². The van der Waals surface area contributed by atoms with E-state index in [2.05, 4.69) is 20.4 Å². The van der Waals surface area contributed by atoms with Gasteiger partial charge >= 0.3 is 0 Å². The molecule has 6 nitrogen and oxygen atoms in total. The standard InChI is InChI=1S/C24H26N4O2/c1-16-3-2-4-19(15-16)24-27-26-23(30-24)18-7-5-17(6-8-18)22(29)25-20-11-13-28(14-12-20)21-9-10-21/h2-8,15,20-21H,9-14H2,1H3,(H,25,29). The van der Waals surface area contributed by atoms with Gasteiger partial charge in [-0.2, -0.15) is 0 Å². The number of benzene rings is 2. The fraction of sp³-hybridized carbons (Fsp3) is 0.375. The molecule has 154 valence electrons. The highest BCUT2D eigenvalue weighted by molar-refractivity contribution is 5.94. The summed E-state index contributed by atoms with van der Waals surface area (Å²) in [5, 5.41) is 11.5. The van der Waals surface area contributed by atoms with Crippen molar-refractivity contribution in [2.45, 2.75) is 44.7 Å². The molecule has 2 fully saturated rings. The maximum atomic E-state index is 12.6. The lowest BCUT2D eigenvalue weighted by atomic mass is 10.0. The summed E-state index contributed by atoms with van der Waals surface area (Å²) in [6.07, 6.45) is 4.75. The third-order valence-corrected chi connectivity index (χ3v) is 6.01. The van der Waals surface area contributed by atoms with E-state index < -0.39 is 0 Å². The second-order valence-corrected chi connectivity index (χ2v) is 8.37. The Hall–Kier alpha value is -2.99. The summed E-state index contributed by atoms with van der Waals surface area (Å²) >= 11 is 0. The minimum atomic E-state index is -0.0163. The minimum absolute atomic E-state index is 0.0163. The predicted octanol–water partition coefficient (Wildman–Crippen LogP) is 4.07. The first-order valence-corrected chi connectivity index (χ1v) is 10.7. The highest BCUT2D eigenvalue weighted by Gasteiger charge is 2.32. The molecule has 1 saturated carbocycles. The van der Waals surface area contributed by atoms with Crippen LogP contribution in [0.5, 0.6) is 0 Å². The van der Waals surface area contributed by atoms with E-state index in [1.807, 2.05) is 55.5 Å². The molecule has 0 bridgehead atoms. The van der Waals surface area contributed by atoms with E-state index >= 15 is 0 Å². The molecule has 30 heavy (non-hydrogen) atoms. The smallest absolute Gasteiger partial charge is 0.251 e. The van der Waals surface area contributed by atoms with Crippen molar-refractivity contribution >= 4 is 5.91 Å². The van der Waals surface area contributed by atoms with Crippen LogP contribution in [0, 0.1) is 6.92 Å².